The molecule has 4 rings (SSSR count). The van der Waals surface area contributed by atoms with Gasteiger partial charge in [0.1, 0.15) is 5.84 Å². The van der Waals surface area contributed by atoms with E-state index in [2.05, 4.69) is 72.5 Å². The fourth-order valence-corrected chi connectivity index (χ4v) is 4.05. The molecule has 0 unspecified atom stereocenters. The van der Waals surface area contributed by atoms with Crippen molar-refractivity contribution in [2.75, 3.05) is 6.54 Å². The van der Waals surface area contributed by atoms with Gasteiger partial charge in [-0.05, 0) is 43.4 Å². The van der Waals surface area contributed by atoms with Crippen LogP contribution in [0.15, 0.2) is 59.6 Å². The third-order valence-electron chi connectivity index (χ3n) is 5.43. The number of hydrogen-bond acceptors (Lipinski definition) is 2. The highest BCUT2D eigenvalue weighted by molar-refractivity contribution is 5.99. The standard InChI is InChI=1S/C23H26N2.ClH/c1-18-24-22-15-9-8-14-21(22)16-23(20-12-6-3-7-13-20)25(18)17-19-10-4-2-5-11-19;/h3,6-9,12-16,19H,2,4-5,10-11,17H2,1H3;1H. The van der Waals surface area contributed by atoms with Crippen LogP contribution in [0.3, 0.4) is 0 Å². The summed E-state index contributed by atoms with van der Waals surface area (Å²) in [5.41, 5.74) is 4.81. The Bertz CT molecular complexity index is 789. The van der Waals surface area contributed by atoms with Crippen LogP contribution < -0.4 is 0 Å². The molecule has 1 aliphatic heterocycles. The van der Waals surface area contributed by atoms with Gasteiger partial charge in [-0.3, -0.25) is 0 Å². The van der Waals surface area contributed by atoms with Gasteiger partial charge < -0.3 is 4.90 Å². The molecule has 0 amide bonds. The molecule has 1 saturated carbocycles. The van der Waals surface area contributed by atoms with Crippen molar-refractivity contribution in [3.63, 3.8) is 0 Å². The lowest BCUT2D eigenvalue weighted by Crippen LogP contribution is -2.33. The molecule has 26 heavy (non-hydrogen) atoms. The summed E-state index contributed by atoms with van der Waals surface area (Å²) >= 11 is 0. The summed E-state index contributed by atoms with van der Waals surface area (Å²) in [4.78, 5) is 7.40. The van der Waals surface area contributed by atoms with Gasteiger partial charge in [0.15, 0.2) is 0 Å². The van der Waals surface area contributed by atoms with Crippen molar-refractivity contribution in [2.24, 2.45) is 10.9 Å². The van der Waals surface area contributed by atoms with Crippen LogP contribution in [0.2, 0.25) is 0 Å². The molecule has 0 radical (unpaired) electrons. The number of nitrogens with zero attached hydrogens (tertiary/aromatic N) is 2. The largest absolute Gasteiger partial charge is 0.329 e. The third kappa shape index (κ3) is 4.02. The van der Waals surface area contributed by atoms with Gasteiger partial charge in [0.05, 0.1) is 5.69 Å². The Labute approximate surface area is 163 Å². The van der Waals surface area contributed by atoms with Crippen LogP contribution in [-0.4, -0.2) is 17.3 Å². The van der Waals surface area contributed by atoms with Crippen molar-refractivity contribution in [3.8, 4) is 0 Å². The van der Waals surface area contributed by atoms with Crippen LogP contribution in [0.4, 0.5) is 5.69 Å². The van der Waals surface area contributed by atoms with E-state index in [0.29, 0.717) is 0 Å². The van der Waals surface area contributed by atoms with Gasteiger partial charge in [-0.1, -0.05) is 67.8 Å². The minimum atomic E-state index is 0. The molecule has 2 nitrogen and oxygen atoms in total. The number of rotatable bonds is 3. The first kappa shape index (κ1) is 18.7. The van der Waals surface area contributed by atoms with E-state index in [9.17, 15) is 0 Å². The van der Waals surface area contributed by atoms with Crippen molar-refractivity contribution in [3.05, 3.63) is 65.7 Å². The second-order valence-corrected chi connectivity index (χ2v) is 7.23. The molecule has 3 heteroatoms. The van der Waals surface area contributed by atoms with E-state index in [1.54, 1.807) is 0 Å². The van der Waals surface area contributed by atoms with Crippen molar-refractivity contribution in [1.82, 2.24) is 4.90 Å². The van der Waals surface area contributed by atoms with Gasteiger partial charge in [0, 0.05) is 17.8 Å². The molecule has 0 spiro atoms. The maximum Gasteiger partial charge on any atom is 0.106 e. The average Bonchev–Trinajstić information content (AvgIpc) is 2.80. The maximum atomic E-state index is 4.95. The normalized spacial score (nSPS) is 17.5. The van der Waals surface area contributed by atoms with E-state index in [0.717, 1.165) is 24.0 Å². The average molecular weight is 367 g/mol. The second-order valence-electron chi connectivity index (χ2n) is 7.23. The minimum absolute atomic E-state index is 0. The molecular formula is C23H27ClN2. The number of benzene rings is 2. The molecule has 0 saturated heterocycles. The highest BCUT2D eigenvalue weighted by Crippen LogP contribution is 2.34. The zero-order valence-corrected chi connectivity index (χ0v) is 16.2. The van der Waals surface area contributed by atoms with E-state index in [1.807, 2.05) is 0 Å². The Hall–Kier alpha value is -2.06. The second kappa shape index (κ2) is 8.55. The molecular weight excluding hydrogens is 340 g/mol. The lowest BCUT2D eigenvalue weighted by molar-refractivity contribution is 0.314. The van der Waals surface area contributed by atoms with E-state index in [1.165, 1.54) is 48.9 Å². The van der Waals surface area contributed by atoms with Gasteiger partial charge in [-0.15, -0.1) is 12.4 Å². The summed E-state index contributed by atoms with van der Waals surface area (Å²) in [6.07, 6.45) is 9.15. The Balaban J connectivity index is 0.00000196. The first-order valence-electron chi connectivity index (χ1n) is 9.50. The topological polar surface area (TPSA) is 15.6 Å². The van der Waals surface area contributed by atoms with Crippen LogP contribution in [0.1, 0.15) is 50.2 Å². The third-order valence-corrected chi connectivity index (χ3v) is 5.43. The molecule has 2 aliphatic rings. The van der Waals surface area contributed by atoms with Crippen LogP contribution in [0.5, 0.6) is 0 Å². The van der Waals surface area contributed by atoms with E-state index < -0.39 is 0 Å². The van der Waals surface area contributed by atoms with Crippen molar-refractivity contribution in [1.29, 1.82) is 0 Å². The summed E-state index contributed by atoms with van der Waals surface area (Å²) in [5, 5.41) is 0. The van der Waals surface area contributed by atoms with Crippen molar-refractivity contribution in [2.45, 2.75) is 39.0 Å². The van der Waals surface area contributed by atoms with Gasteiger partial charge in [-0.25, -0.2) is 4.99 Å². The summed E-state index contributed by atoms with van der Waals surface area (Å²) in [6.45, 7) is 3.23. The number of hydrogen-bond donors (Lipinski definition) is 0. The molecule has 2 aromatic carbocycles. The first-order valence-corrected chi connectivity index (χ1v) is 9.50. The number of amidine groups is 1. The fourth-order valence-electron chi connectivity index (χ4n) is 4.05. The quantitative estimate of drug-likeness (QED) is 0.601. The number of aliphatic imine (C=N–C) groups is 1. The van der Waals surface area contributed by atoms with Crippen LogP contribution in [0, 0.1) is 5.92 Å². The Morgan fingerprint density at radius 3 is 2.38 bits per heavy atom. The molecule has 1 fully saturated rings. The van der Waals surface area contributed by atoms with Gasteiger partial charge in [0.2, 0.25) is 0 Å². The van der Waals surface area contributed by atoms with Crippen LogP contribution in [-0.2, 0) is 0 Å². The maximum absolute atomic E-state index is 4.95. The lowest BCUT2D eigenvalue weighted by atomic mass is 9.88. The minimum Gasteiger partial charge on any atom is -0.329 e. The smallest absolute Gasteiger partial charge is 0.106 e. The van der Waals surface area contributed by atoms with Gasteiger partial charge >= 0.3 is 0 Å². The Morgan fingerprint density at radius 2 is 1.62 bits per heavy atom. The lowest BCUT2D eigenvalue weighted by Gasteiger charge is -2.32. The van der Waals surface area contributed by atoms with Crippen LogP contribution in [0.25, 0.3) is 11.8 Å². The highest BCUT2D eigenvalue weighted by atomic mass is 35.5. The molecule has 136 valence electrons. The number of fused-ring (bicyclic) bond motifs is 1. The van der Waals surface area contributed by atoms with E-state index >= 15 is 0 Å². The van der Waals surface area contributed by atoms with E-state index in [-0.39, 0.29) is 12.4 Å². The summed E-state index contributed by atoms with van der Waals surface area (Å²) in [7, 11) is 0. The first-order chi connectivity index (χ1) is 12.3. The predicted octanol–water partition coefficient (Wildman–Crippen LogP) is 6.55. The predicted molar refractivity (Wildman–Crippen MR) is 114 cm³/mol. The zero-order chi connectivity index (χ0) is 17.1. The Kier molecular flexibility index (Phi) is 6.16. The number of para-hydroxylation sites is 1. The number of halogens is 1. The molecule has 1 heterocycles. The summed E-state index contributed by atoms with van der Waals surface area (Å²) < 4.78 is 0. The SMILES string of the molecule is CC1=Nc2ccccc2C=C(c2ccccc2)N1CC1CCCCC1.Cl. The molecule has 0 N–H and O–H groups in total. The Morgan fingerprint density at radius 1 is 0.923 bits per heavy atom. The zero-order valence-electron chi connectivity index (χ0n) is 15.4. The van der Waals surface area contributed by atoms with Crippen molar-refractivity contribution < 1.29 is 0 Å². The van der Waals surface area contributed by atoms with Crippen LogP contribution >= 0.6 is 12.4 Å². The monoisotopic (exact) mass is 366 g/mol. The molecule has 0 bridgehead atoms. The van der Waals surface area contributed by atoms with Crippen molar-refractivity contribution >= 4 is 35.7 Å². The fraction of sp³-hybridized carbons (Fsp3) is 0.348. The molecule has 1 aliphatic carbocycles. The van der Waals surface area contributed by atoms with E-state index in [4.69, 9.17) is 4.99 Å². The van der Waals surface area contributed by atoms with Gasteiger partial charge in [-0.2, -0.15) is 0 Å². The molecule has 0 atom stereocenters. The highest BCUT2D eigenvalue weighted by Gasteiger charge is 2.23. The summed E-state index contributed by atoms with van der Waals surface area (Å²) in [6, 6.07) is 19.2. The molecule has 0 aromatic heterocycles. The summed E-state index contributed by atoms with van der Waals surface area (Å²) in [5.74, 6) is 1.87. The molecule has 2 aromatic rings. The van der Waals surface area contributed by atoms with Gasteiger partial charge in [0.25, 0.3) is 0 Å².